The van der Waals surface area contributed by atoms with Crippen LogP contribution in [-0.4, -0.2) is 72.4 Å². The predicted molar refractivity (Wildman–Crippen MR) is 112 cm³/mol. The Bertz CT molecular complexity index is 774. The third-order valence-corrected chi connectivity index (χ3v) is 5.88. The average Bonchev–Trinajstić information content (AvgIpc) is 3.23. The van der Waals surface area contributed by atoms with Crippen molar-refractivity contribution in [3.63, 3.8) is 0 Å². The van der Waals surface area contributed by atoms with Gasteiger partial charge in [0.2, 0.25) is 0 Å². The van der Waals surface area contributed by atoms with Crippen molar-refractivity contribution in [1.29, 1.82) is 0 Å². The molecule has 1 aromatic heterocycles. The highest BCUT2D eigenvalue weighted by molar-refractivity contribution is 5.41. The molecular weight excluding hydrogens is 366 g/mol. The molecule has 1 unspecified atom stereocenters. The summed E-state index contributed by atoms with van der Waals surface area (Å²) in [7, 11) is 1.66. The standard InChI is InChI=1S/C23H31N3O3/c1-28-22-7-6-19(13-26-14-20(15-26)18-5-4-8-24-12-18)23(11-22)29-17-21(27)16-25-9-2-3-10-25/h4-8,11-12,20-21,27H,2-3,9-10,13-17H2,1H3. The van der Waals surface area contributed by atoms with Gasteiger partial charge in [0, 0.05) is 56.1 Å². The number of hydrogen-bond donors (Lipinski definition) is 1. The topological polar surface area (TPSA) is 58.1 Å². The largest absolute Gasteiger partial charge is 0.497 e. The second-order valence-electron chi connectivity index (χ2n) is 8.12. The lowest BCUT2D eigenvalue weighted by molar-refractivity contribution is 0.0742. The minimum Gasteiger partial charge on any atom is -0.497 e. The van der Waals surface area contributed by atoms with Crippen LogP contribution in [0.4, 0.5) is 0 Å². The molecule has 0 radical (unpaired) electrons. The van der Waals surface area contributed by atoms with E-state index in [-0.39, 0.29) is 0 Å². The van der Waals surface area contributed by atoms with Crippen molar-refractivity contribution in [3.8, 4) is 11.5 Å². The van der Waals surface area contributed by atoms with Crippen LogP contribution in [0.15, 0.2) is 42.7 Å². The zero-order valence-electron chi connectivity index (χ0n) is 17.2. The van der Waals surface area contributed by atoms with Gasteiger partial charge in [0.05, 0.1) is 7.11 Å². The number of likely N-dealkylation sites (tertiary alicyclic amines) is 2. The minimum atomic E-state index is -0.480. The van der Waals surface area contributed by atoms with Crippen LogP contribution in [-0.2, 0) is 6.54 Å². The highest BCUT2D eigenvalue weighted by atomic mass is 16.5. The molecule has 2 fully saturated rings. The first kappa shape index (κ1) is 20.1. The van der Waals surface area contributed by atoms with Crippen LogP contribution in [0.1, 0.15) is 29.9 Å². The van der Waals surface area contributed by atoms with E-state index in [1.807, 2.05) is 30.6 Å². The number of aliphatic hydroxyl groups is 1. The highest BCUT2D eigenvalue weighted by Crippen LogP contribution is 2.31. The first-order valence-electron chi connectivity index (χ1n) is 10.5. The zero-order valence-corrected chi connectivity index (χ0v) is 17.2. The summed E-state index contributed by atoms with van der Waals surface area (Å²) in [6, 6.07) is 10.1. The average molecular weight is 398 g/mol. The summed E-state index contributed by atoms with van der Waals surface area (Å²) in [5.41, 5.74) is 2.43. The molecule has 2 saturated heterocycles. The Balaban J connectivity index is 1.33. The van der Waals surface area contributed by atoms with E-state index in [0.29, 0.717) is 19.1 Å². The Morgan fingerprint density at radius 3 is 2.72 bits per heavy atom. The van der Waals surface area contributed by atoms with Gasteiger partial charge < -0.3 is 19.5 Å². The molecule has 1 aromatic carbocycles. The van der Waals surface area contributed by atoms with Crippen LogP contribution in [0.3, 0.4) is 0 Å². The highest BCUT2D eigenvalue weighted by Gasteiger charge is 2.28. The van der Waals surface area contributed by atoms with E-state index in [1.54, 1.807) is 7.11 Å². The van der Waals surface area contributed by atoms with Crippen LogP contribution in [0.5, 0.6) is 11.5 Å². The fourth-order valence-corrected chi connectivity index (χ4v) is 4.20. The molecule has 2 aromatic rings. The number of nitrogens with zero attached hydrogens (tertiary/aromatic N) is 3. The number of benzene rings is 1. The lowest BCUT2D eigenvalue weighted by atomic mass is 9.92. The molecule has 6 nitrogen and oxygen atoms in total. The van der Waals surface area contributed by atoms with Crippen molar-refractivity contribution in [2.45, 2.75) is 31.4 Å². The van der Waals surface area contributed by atoms with Crippen molar-refractivity contribution < 1.29 is 14.6 Å². The maximum atomic E-state index is 10.4. The molecule has 0 aliphatic carbocycles. The van der Waals surface area contributed by atoms with Crippen LogP contribution in [0.25, 0.3) is 0 Å². The van der Waals surface area contributed by atoms with E-state index in [0.717, 1.165) is 49.8 Å². The Morgan fingerprint density at radius 1 is 1.17 bits per heavy atom. The minimum absolute atomic E-state index is 0.301. The number of pyridine rings is 1. The van der Waals surface area contributed by atoms with Gasteiger partial charge in [0.25, 0.3) is 0 Å². The summed E-state index contributed by atoms with van der Waals surface area (Å²) >= 11 is 0. The molecule has 4 rings (SSSR count). The summed E-state index contributed by atoms with van der Waals surface area (Å²) in [5.74, 6) is 2.12. The third-order valence-electron chi connectivity index (χ3n) is 5.88. The number of aliphatic hydroxyl groups excluding tert-OH is 1. The second-order valence-corrected chi connectivity index (χ2v) is 8.12. The lowest BCUT2D eigenvalue weighted by Gasteiger charge is -2.39. The van der Waals surface area contributed by atoms with Gasteiger partial charge in [-0.25, -0.2) is 0 Å². The smallest absolute Gasteiger partial charge is 0.127 e. The maximum Gasteiger partial charge on any atom is 0.127 e. The van der Waals surface area contributed by atoms with E-state index in [9.17, 15) is 5.11 Å². The Kier molecular flexibility index (Phi) is 6.64. The van der Waals surface area contributed by atoms with Gasteiger partial charge in [-0.1, -0.05) is 12.1 Å². The van der Waals surface area contributed by atoms with Crippen molar-refractivity contribution in [3.05, 3.63) is 53.9 Å². The number of hydrogen-bond acceptors (Lipinski definition) is 6. The normalized spacial score (nSPS) is 19.1. The molecule has 0 spiro atoms. The Hall–Kier alpha value is -2.15. The fraction of sp³-hybridized carbons (Fsp3) is 0.522. The molecule has 29 heavy (non-hydrogen) atoms. The van der Waals surface area contributed by atoms with E-state index in [1.165, 1.54) is 18.4 Å². The van der Waals surface area contributed by atoms with Gasteiger partial charge in [-0.15, -0.1) is 0 Å². The zero-order chi connectivity index (χ0) is 20.1. The molecule has 2 aliphatic heterocycles. The third kappa shape index (κ3) is 5.26. The van der Waals surface area contributed by atoms with Crippen molar-refractivity contribution >= 4 is 0 Å². The van der Waals surface area contributed by atoms with Crippen LogP contribution in [0.2, 0.25) is 0 Å². The molecule has 2 aliphatic rings. The summed E-state index contributed by atoms with van der Waals surface area (Å²) in [6.45, 7) is 6.01. The summed E-state index contributed by atoms with van der Waals surface area (Å²) in [6.07, 6.45) is 5.75. The first-order valence-corrected chi connectivity index (χ1v) is 10.5. The van der Waals surface area contributed by atoms with Gasteiger partial charge in [-0.05, 0) is 43.6 Å². The van der Waals surface area contributed by atoms with Gasteiger partial charge in [-0.2, -0.15) is 0 Å². The number of aromatic nitrogens is 1. The van der Waals surface area contributed by atoms with Crippen molar-refractivity contribution in [2.24, 2.45) is 0 Å². The maximum absolute atomic E-state index is 10.4. The van der Waals surface area contributed by atoms with Crippen LogP contribution in [0, 0.1) is 0 Å². The quantitative estimate of drug-likeness (QED) is 0.702. The first-order chi connectivity index (χ1) is 14.2. The van der Waals surface area contributed by atoms with Gasteiger partial charge in [0.1, 0.15) is 24.2 Å². The van der Waals surface area contributed by atoms with Crippen molar-refractivity contribution in [1.82, 2.24) is 14.8 Å². The number of methoxy groups -OCH3 is 1. The van der Waals surface area contributed by atoms with E-state index in [2.05, 4.69) is 26.9 Å². The van der Waals surface area contributed by atoms with Crippen LogP contribution >= 0.6 is 0 Å². The van der Waals surface area contributed by atoms with Gasteiger partial charge in [-0.3, -0.25) is 9.88 Å². The fourth-order valence-electron chi connectivity index (χ4n) is 4.20. The molecule has 0 bridgehead atoms. The molecule has 3 heterocycles. The predicted octanol–water partition coefficient (Wildman–Crippen LogP) is 2.53. The summed E-state index contributed by atoms with van der Waals surface area (Å²) < 4.78 is 11.4. The lowest BCUT2D eigenvalue weighted by Crippen LogP contribution is -2.44. The number of β-amino-alcohol motifs (C(OH)–C–C–N with tert-alkyl or cyclic N) is 1. The molecular formula is C23H31N3O3. The monoisotopic (exact) mass is 397 g/mol. The number of rotatable bonds is 9. The van der Waals surface area contributed by atoms with Gasteiger partial charge in [0.15, 0.2) is 0 Å². The second kappa shape index (κ2) is 9.57. The van der Waals surface area contributed by atoms with E-state index < -0.39 is 6.10 Å². The molecule has 1 N–H and O–H groups in total. The molecule has 6 heteroatoms. The number of ether oxygens (including phenoxy) is 2. The molecule has 1 atom stereocenters. The van der Waals surface area contributed by atoms with Crippen molar-refractivity contribution in [2.75, 3.05) is 46.4 Å². The molecule has 0 amide bonds. The summed E-state index contributed by atoms with van der Waals surface area (Å²) in [5, 5.41) is 10.4. The van der Waals surface area contributed by atoms with E-state index >= 15 is 0 Å². The summed E-state index contributed by atoms with van der Waals surface area (Å²) in [4.78, 5) is 8.94. The molecule has 156 valence electrons. The SMILES string of the molecule is COc1ccc(CN2CC(c3cccnc3)C2)c(OCC(O)CN2CCCC2)c1. The molecule has 0 saturated carbocycles. The Labute approximate surface area is 173 Å². The Morgan fingerprint density at radius 2 is 2.00 bits per heavy atom. The van der Waals surface area contributed by atoms with Gasteiger partial charge >= 0.3 is 0 Å². The van der Waals surface area contributed by atoms with Crippen LogP contribution < -0.4 is 9.47 Å². The van der Waals surface area contributed by atoms with E-state index in [4.69, 9.17) is 9.47 Å².